The molecule has 1 saturated heterocycles. The molecule has 1 aromatic rings. The minimum Gasteiger partial charge on any atom is -0.378 e. The molecule has 1 aliphatic heterocycles. The molecule has 18 heavy (non-hydrogen) atoms. The van der Waals surface area contributed by atoms with Crippen LogP contribution in [0.1, 0.15) is 5.56 Å². The van der Waals surface area contributed by atoms with Gasteiger partial charge in [0.15, 0.2) is 0 Å². The Hall–Kier alpha value is -1.73. The molecule has 1 unspecified atom stereocenters. The Balaban J connectivity index is 2.04. The van der Waals surface area contributed by atoms with Crippen molar-refractivity contribution in [3.63, 3.8) is 0 Å². The van der Waals surface area contributed by atoms with Crippen LogP contribution in [0.25, 0.3) is 0 Å². The Morgan fingerprint density at radius 1 is 1.72 bits per heavy atom. The zero-order valence-electron chi connectivity index (χ0n) is 10.2. The number of pyridine rings is 1. The molecule has 7 heteroatoms. The zero-order chi connectivity index (χ0) is 13.0. The second-order valence-corrected chi connectivity index (χ2v) is 4.19. The number of aromatic nitrogens is 1. The van der Waals surface area contributed by atoms with Gasteiger partial charge in [-0.2, -0.15) is 0 Å². The Bertz CT molecular complexity index is 432. The van der Waals surface area contributed by atoms with E-state index in [1.54, 1.807) is 19.2 Å². The first kappa shape index (κ1) is 12.7. The molecule has 1 atom stereocenters. The smallest absolute Gasteiger partial charge is 0.314 e. The first-order valence-corrected chi connectivity index (χ1v) is 5.83. The van der Waals surface area contributed by atoms with Crippen LogP contribution in [-0.2, 0) is 4.74 Å². The van der Waals surface area contributed by atoms with Gasteiger partial charge in [-0.3, -0.25) is 10.1 Å². The largest absolute Gasteiger partial charge is 0.378 e. The summed E-state index contributed by atoms with van der Waals surface area (Å²) in [6.45, 7) is 4.37. The summed E-state index contributed by atoms with van der Waals surface area (Å²) in [5, 5.41) is 17.3. The summed E-state index contributed by atoms with van der Waals surface area (Å²) in [6, 6.07) is 1.78. The van der Waals surface area contributed by atoms with Crippen molar-refractivity contribution >= 4 is 11.5 Å². The van der Waals surface area contributed by atoms with E-state index in [0.717, 1.165) is 6.54 Å². The van der Waals surface area contributed by atoms with Crippen LogP contribution in [0.15, 0.2) is 12.3 Å². The molecule has 7 nitrogen and oxygen atoms in total. The van der Waals surface area contributed by atoms with E-state index in [1.807, 2.05) is 0 Å². The van der Waals surface area contributed by atoms with Gasteiger partial charge in [0.1, 0.15) is 0 Å². The number of morpholine rings is 1. The van der Waals surface area contributed by atoms with Crippen molar-refractivity contribution in [1.29, 1.82) is 0 Å². The highest BCUT2D eigenvalue weighted by Crippen LogP contribution is 2.25. The molecule has 98 valence electrons. The van der Waals surface area contributed by atoms with Crippen LogP contribution < -0.4 is 10.6 Å². The molecule has 0 amide bonds. The minimum absolute atomic E-state index is 0.0363. The molecule has 2 N–H and O–H groups in total. The molecule has 0 aromatic carbocycles. The van der Waals surface area contributed by atoms with Crippen LogP contribution >= 0.6 is 0 Å². The van der Waals surface area contributed by atoms with Crippen LogP contribution in [-0.4, -0.2) is 42.3 Å². The maximum absolute atomic E-state index is 11.0. The molecule has 0 saturated carbocycles. The summed E-state index contributed by atoms with van der Waals surface area (Å²) in [5.41, 5.74) is 0.639. The van der Waals surface area contributed by atoms with E-state index >= 15 is 0 Å². The van der Waals surface area contributed by atoms with Gasteiger partial charge in [0.05, 0.1) is 18.1 Å². The highest BCUT2D eigenvalue weighted by atomic mass is 16.6. The summed E-state index contributed by atoms with van der Waals surface area (Å²) in [6.07, 6.45) is 1.56. The predicted molar refractivity (Wildman–Crippen MR) is 66.7 cm³/mol. The highest BCUT2D eigenvalue weighted by molar-refractivity contribution is 5.59. The van der Waals surface area contributed by atoms with Gasteiger partial charge in [0.25, 0.3) is 0 Å². The topological polar surface area (TPSA) is 89.3 Å². The summed E-state index contributed by atoms with van der Waals surface area (Å²) in [5.74, 6) is 0.312. The van der Waals surface area contributed by atoms with Crippen molar-refractivity contribution in [2.24, 2.45) is 0 Å². The molecule has 2 rings (SSSR count). The van der Waals surface area contributed by atoms with Crippen molar-refractivity contribution in [3.05, 3.63) is 27.9 Å². The number of rotatable bonds is 4. The molecule has 2 heterocycles. The third-order valence-electron chi connectivity index (χ3n) is 2.82. The van der Waals surface area contributed by atoms with E-state index in [1.165, 1.54) is 0 Å². The van der Waals surface area contributed by atoms with E-state index < -0.39 is 4.92 Å². The van der Waals surface area contributed by atoms with Gasteiger partial charge in [-0.05, 0) is 13.0 Å². The quantitative estimate of drug-likeness (QED) is 0.605. The van der Waals surface area contributed by atoms with Crippen LogP contribution in [0.3, 0.4) is 0 Å². The maximum Gasteiger partial charge on any atom is 0.314 e. The summed E-state index contributed by atoms with van der Waals surface area (Å²) >= 11 is 0. The first-order chi connectivity index (χ1) is 8.68. The summed E-state index contributed by atoms with van der Waals surface area (Å²) < 4.78 is 5.32. The second-order valence-electron chi connectivity index (χ2n) is 4.19. The molecular weight excluding hydrogens is 236 g/mol. The van der Waals surface area contributed by atoms with Gasteiger partial charge in [0, 0.05) is 30.9 Å². The van der Waals surface area contributed by atoms with Crippen LogP contribution in [0.4, 0.5) is 11.5 Å². The number of nitro groups is 1. The standard InChI is InChI=1S/C11H16N4O3/c1-8-2-3-13-11(10(8)15(16)17)14-6-9-7-18-5-4-12-9/h2-3,9,12H,4-7H2,1H3,(H,13,14). The molecule has 0 bridgehead atoms. The fraction of sp³-hybridized carbons (Fsp3) is 0.545. The molecule has 1 aliphatic rings. The van der Waals surface area contributed by atoms with Gasteiger partial charge >= 0.3 is 5.69 Å². The zero-order valence-corrected chi connectivity index (χ0v) is 10.2. The van der Waals surface area contributed by atoms with Crippen LogP contribution in [0.2, 0.25) is 0 Å². The van der Waals surface area contributed by atoms with E-state index in [4.69, 9.17) is 4.74 Å². The third-order valence-corrected chi connectivity index (χ3v) is 2.82. The van der Waals surface area contributed by atoms with Gasteiger partial charge in [-0.25, -0.2) is 4.98 Å². The molecule has 0 spiro atoms. The third kappa shape index (κ3) is 2.93. The van der Waals surface area contributed by atoms with Gasteiger partial charge in [-0.15, -0.1) is 0 Å². The average Bonchev–Trinajstić information content (AvgIpc) is 2.37. The van der Waals surface area contributed by atoms with Crippen molar-refractivity contribution in [3.8, 4) is 0 Å². The Morgan fingerprint density at radius 3 is 3.22 bits per heavy atom. The average molecular weight is 252 g/mol. The number of hydrogen-bond acceptors (Lipinski definition) is 6. The first-order valence-electron chi connectivity index (χ1n) is 5.83. The maximum atomic E-state index is 11.0. The monoisotopic (exact) mass is 252 g/mol. The number of nitrogens with one attached hydrogen (secondary N) is 2. The van der Waals surface area contributed by atoms with Crippen molar-refractivity contribution in [2.45, 2.75) is 13.0 Å². The fourth-order valence-electron chi connectivity index (χ4n) is 1.88. The number of anilines is 1. The Kier molecular flexibility index (Phi) is 4.06. The Labute approximate surface area is 105 Å². The van der Waals surface area contributed by atoms with E-state index in [2.05, 4.69) is 15.6 Å². The normalized spacial score (nSPS) is 19.5. The number of ether oxygens (including phenoxy) is 1. The molecule has 1 aromatic heterocycles. The molecule has 0 aliphatic carbocycles. The van der Waals surface area contributed by atoms with Crippen LogP contribution in [0, 0.1) is 17.0 Å². The Morgan fingerprint density at radius 2 is 2.56 bits per heavy atom. The van der Waals surface area contributed by atoms with Crippen molar-refractivity contribution in [2.75, 3.05) is 31.6 Å². The number of nitrogens with zero attached hydrogens (tertiary/aromatic N) is 2. The SMILES string of the molecule is Cc1ccnc(NCC2COCCN2)c1[N+](=O)[O-]. The number of hydrogen-bond donors (Lipinski definition) is 2. The fourth-order valence-corrected chi connectivity index (χ4v) is 1.88. The van der Waals surface area contributed by atoms with E-state index in [9.17, 15) is 10.1 Å². The van der Waals surface area contributed by atoms with E-state index in [0.29, 0.717) is 31.1 Å². The molecule has 1 fully saturated rings. The van der Waals surface area contributed by atoms with Crippen molar-refractivity contribution in [1.82, 2.24) is 10.3 Å². The lowest BCUT2D eigenvalue weighted by atomic mass is 10.2. The van der Waals surface area contributed by atoms with Gasteiger partial charge < -0.3 is 15.4 Å². The lowest BCUT2D eigenvalue weighted by molar-refractivity contribution is -0.384. The van der Waals surface area contributed by atoms with Gasteiger partial charge in [-0.1, -0.05) is 0 Å². The predicted octanol–water partition coefficient (Wildman–Crippen LogP) is 0.699. The lowest BCUT2D eigenvalue weighted by Gasteiger charge is -2.24. The molecule has 0 radical (unpaired) electrons. The minimum atomic E-state index is -0.407. The van der Waals surface area contributed by atoms with Gasteiger partial charge in [0.2, 0.25) is 5.82 Å². The summed E-state index contributed by atoms with van der Waals surface area (Å²) in [4.78, 5) is 14.6. The molecular formula is C11H16N4O3. The summed E-state index contributed by atoms with van der Waals surface area (Å²) in [7, 11) is 0. The van der Waals surface area contributed by atoms with Crippen LogP contribution in [0.5, 0.6) is 0 Å². The van der Waals surface area contributed by atoms with Crippen molar-refractivity contribution < 1.29 is 9.66 Å². The number of aryl methyl sites for hydroxylation is 1. The van der Waals surface area contributed by atoms with E-state index in [-0.39, 0.29) is 11.7 Å². The highest BCUT2D eigenvalue weighted by Gasteiger charge is 2.20. The lowest BCUT2D eigenvalue weighted by Crippen LogP contribution is -2.45. The second kappa shape index (κ2) is 5.74.